The van der Waals surface area contributed by atoms with Gasteiger partial charge in [0.05, 0.1) is 11.7 Å². The van der Waals surface area contributed by atoms with E-state index >= 15 is 0 Å². The van der Waals surface area contributed by atoms with Crippen molar-refractivity contribution in [1.82, 2.24) is 5.32 Å². The van der Waals surface area contributed by atoms with Gasteiger partial charge in [0.25, 0.3) is 0 Å². The summed E-state index contributed by atoms with van der Waals surface area (Å²) in [5.74, 6) is 0.131. The van der Waals surface area contributed by atoms with Gasteiger partial charge in [0.2, 0.25) is 5.91 Å². The van der Waals surface area contributed by atoms with Gasteiger partial charge in [-0.3, -0.25) is 4.79 Å². The highest BCUT2D eigenvalue weighted by Gasteiger charge is 2.29. The largest absolute Gasteiger partial charge is 0.310 e. The number of nitrogens with one attached hydrogen (secondary N) is 1. The minimum atomic E-state index is -0.0744. The van der Waals surface area contributed by atoms with Crippen LogP contribution in [-0.2, 0) is 4.79 Å². The summed E-state index contributed by atoms with van der Waals surface area (Å²) >= 11 is 9.49. The lowest BCUT2D eigenvalue weighted by atomic mass is 10.0. The maximum absolute atomic E-state index is 12.4. The third-order valence-electron chi connectivity index (χ3n) is 3.09. The molecule has 1 saturated heterocycles. The van der Waals surface area contributed by atoms with Crippen molar-refractivity contribution < 1.29 is 4.79 Å². The van der Waals surface area contributed by atoms with Crippen molar-refractivity contribution in [2.75, 3.05) is 18.0 Å². The van der Waals surface area contributed by atoms with Gasteiger partial charge < -0.3 is 10.2 Å². The first-order chi connectivity index (χ1) is 8.63. The van der Waals surface area contributed by atoms with Crippen LogP contribution in [0.25, 0.3) is 0 Å². The topological polar surface area (TPSA) is 32.3 Å². The van der Waals surface area contributed by atoms with Crippen LogP contribution in [0.2, 0.25) is 5.02 Å². The smallest absolute Gasteiger partial charge is 0.244 e. The van der Waals surface area contributed by atoms with E-state index in [0.717, 1.165) is 36.1 Å². The summed E-state index contributed by atoms with van der Waals surface area (Å²) in [6.45, 7) is 3.57. The van der Waals surface area contributed by atoms with E-state index in [1.165, 1.54) is 0 Å². The molecule has 1 atom stereocenters. The van der Waals surface area contributed by atoms with Crippen molar-refractivity contribution >= 4 is 39.1 Å². The van der Waals surface area contributed by atoms with Gasteiger partial charge in [0, 0.05) is 16.0 Å². The van der Waals surface area contributed by atoms with Crippen molar-refractivity contribution in [3.05, 3.63) is 27.7 Å². The predicted molar refractivity (Wildman–Crippen MR) is 78.2 cm³/mol. The van der Waals surface area contributed by atoms with Crippen molar-refractivity contribution in [3.8, 4) is 0 Å². The minimum Gasteiger partial charge on any atom is -0.310 e. The van der Waals surface area contributed by atoms with Crippen LogP contribution in [0.4, 0.5) is 5.69 Å². The van der Waals surface area contributed by atoms with E-state index in [0.29, 0.717) is 5.02 Å². The number of anilines is 1. The number of likely N-dealkylation sites (N-methyl/N-ethyl adjacent to an activating group) is 1. The molecule has 0 saturated carbocycles. The number of rotatable bonds is 3. The SMILES string of the molecule is CCNC1CCCN(c2cc(Cl)ccc2Br)C1=O. The Labute approximate surface area is 121 Å². The van der Waals surface area contributed by atoms with E-state index in [4.69, 9.17) is 11.6 Å². The summed E-state index contributed by atoms with van der Waals surface area (Å²) in [7, 11) is 0. The second-order valence-electron chi connectivity index (χ2n) is 4.34. The molecule has 1 N–H and O–H groups in total. The first kappa shape index (κ1) is 13.8. The normalized spacial score (nSPS) is 20.3. The monoisotopic (exact) mass is 330 g/mol. The quantitative estimate of drug-likeness (QED) is 0.922. The Morgan fingerprint density at radius 1 is 1.56 bits per heavy atom. The lowest BCUT2D eigenvalue weighted by Gasteiger charge is -2.33. The van der Waals surface area contributed by atoms with Crippen LogP contribution in [0.5, 0.6) is 0 Å². The number of hydrogen-bond donors (Lipinski definition) is 1. The average molecular weight is 332 g/mol. The summed E-state index contributed by atoms with van der Waals surface area (Å²) in [5.41, 5.74) is 0.857. The lowest BCUT2D eigenvalue weighted by Crippen LogP contribution is -2.50. The average Bonchev–Trinajstić information content (AvgIpc) is 2.35. The van der Waals surface area contributed by atoms with Crippen LogP contribution in [0.3, 0.4) is 0 Å². The molecule has 1 unspecified atom stereocenters. The van der Waals surface area contributed by atoms with Gasteiger partial charge in [-0.25, -0.2) is 0 Å². The molecular formula is C13H16BrClN2O. The predicted octanol–water partition coefficient (Wildman–Crippen LogP) is 3.21. The van der Waals surface area contributed by atoms with Gasteiger partial charge in [0.1, 0.15) is 0 Å². The van der Waals surface area contributed by atoms with Crippen LogP contribution < -0.4 is 10.2 Å². The highest BCUT2D eigenvalue weighted by molar-refractivity contribution is 9.10. The highest BCUT2D eigenvalue weighted by atomic mass is 79.9. The van der Waals surface area contributed by atoms with E-state index in [9.17, 15) is 4.79 Å². The van der Waals surface area contributed by atoms with Crippen LogP contribution in [-0.4, -0.2) is 25.0 Å². The first-order valence-corrected chi connectivity index (χ1v) is 7.30. The second kappa shape index (κ2) is 6.04. The number of nitrogens with zero attached hydrogens (tertiary/aromatic N) is 1. The lowest BCUT2D eigenvalue weighted by molar-refractivity contribution is -0.121. The van der Waals surface area contributed by atoms with Crippen molar-refractivity contribution in [3.63, 3.8) is 0 Å². The Morgan fingerprint density at radius 3 is 3.06 bits per heavy atom. The number of carbonyl (C=O) groups is 1. The Hall–Kier alpha value is -0.580. The fourth-order valence-electron chi connectivity index (χ4n) is 2.24. The number of amides is 1. The zero-order valence-corrected chi connectivity index (χ0v) is 12.6. The van der Waals surface area contributed by atoms with Gasteiger partial charge in [-0.05, 0) is 53.5 Å². The van der Waals surface area contributed by atoms with E-state index in [1.807, 2.05) is 30.0 Å². The standard InChI is InChI=1S/C13H16BrClN2O/c1-2-16-11-4-3-7-17(13(11)18)12-8-9(15)5-6-10(12)14/h5-6,8,11,16H,2-4,7H2,1H3. The third-order valence-corrected chi connectivity index (χ3v) is 3.99. The summed E-state index contributed by atoms with van der Waals surface area (Å²) < 4.78 is 0.900. The van der Waals surface area contributed by atoms with Crippen LogP contribution in [0, 0.1) is 0 Å². The maximum atomic E-state index is 12.4. The molecule has 5 heteroatoms. The number of halogens is 2. The van der Waals surface area contributed by atoms with Gasteiger partial charge in [-0.1, -0.05) is 18.5 Å². The van der Waals surface area contributed by atoms with Gasteiger partial charge in [-0.15, -0.1) is 0 Å². The molecule has 1 aliphatic rings. The van der Waals surface area contributed by atoms with Crippen LogP contribution in [0.1, 0.15) is 19.8 Å². The van der Waals surface area contributed by atoms with E-state index in [1.54, 1.807) is 0 Å². The molecule has 2 rings (SSSR count). The number of benzene rings is 1. The number of piperidine rings is 1. The molecule has 0 aliphatic carbocycles. The molecule has 1 aliphatic heterocycles. The molecule has 0 aromatic heterocycles. The molecule has 0 bridgehead atoms. The van der Waals surface area contributed by atoms with Gasteiger partial charge >= 0.3 is 0 Å². The fraction of sp³-hybridized carbons (Fsp3) is 0.462. The minimum absolute atomic E-state index is 0.0744. The fourth-order valence-corrected chi connectivity index (χ4v) is 2.87. The molecule has 1 amide bonds. The molecule has 1 aromatic carbocycles. The molecule has 1 heterocycles. The Bertz CT molecular complexity index is 451. The summed E-state index contributed by atoms with van der Waals surface area (Å²) in [4.78, 5) is 14.2. The van der Waals surface area contributed by atoms with Gasteiger partial charge in [0.15, 0.2) is 0 Å². The molecule has 0 radical (unpaired) electrons. The summed E-state index contributed by atoms with van der Waals surface area (Å²) in [6.07, 6.45) is 1.91. The van der Waals surface area contributed by atoms with Crippen LogP contribution in [0.15, 0.2) is 22.7 Å². The molecular weight excluding hydrogens is 316 g/mol. The molecule has 3 nitrogen and oxygen atoms in total. The third kappa shape index (κ3) is 2.87. The highest BCUT2D eigenvalue weighted by Crippen LogP contribution is 2.31. The molecule has 0 spiro atoms. The van der Waals surface area contributed by atoms with Gasteiger partial charge in [-0.2, -0.15) is 0 Å². The Balaban J connectivity index is 2.26. The summed E-state index contributed by atoms with van der Waals surface area (Å²) in [5, 5.41) is 3.87. The maximum Gasteiger partial charge on any atom is 0.244 e. The van der Waals surface area contributed by atoms with Crippen LogP contribution >= 0.6 is 27.5 Å². The van der Waals surface area contributed by atoms with Crippen molar-refractivity contribution in [2.45, 2.75) is 25.8 Å². The first-order valence-electron chi connectivity index (χ1n) is 6.13. The molecule has 18 heavy (non-hydrogen) atoms. The van der Waals surface area contributed by atoms with E-state index < -0.39 is 0 Å². The van der Waals surface area contributed by atoms with Crippen molar-refractivity contribution in [1.29, 1.82) is 0 Å². The molecule has 1 fully saturated rings. The Kier molecular flexibility index (Phi) is 4.65. The molecule has 98 valence electrons. The Morgan fingerprint density at radius 2 is 2.33 bits per heavy atom. The van der Waals surface area contributed by atoms with E-state index in [-0.39, 0.29) is 11.9 Å². The zero-order valence-electron chi connectivity index (χ0n) is 10.2. The number of hydrogen-bond acceptors (Lipinski definition) is 2. The van der Waals surface area contributed by atoms with Crippen molar-refractivity contribution in [2.24, 2.45) is 0 Å². The van der Waals surface area contributed by atoms with E-state index in [2.05, 4.69) is 21.2 Å². The zero-order chi connectivity index (χ0) is 13.1. The summed E-state index contributed by atoms with van der Waals surface area (Å²) in [6, 6.07) is 5.44. The molecule has 1 aromatic rings. The number of carbonyl (C=O) groups excluding carboxylic acids is 1. The second-order valence-corrected chi connectivity index (χ2v) is 5.63.